The molecule has 4 heteroatoms. The minimum Gasteiger partial charge on any atom is -0.493 e. The van der Waals surface area contributed by atoms with Gasteiger partial charge in [-0.1, -0.05) is 36.4 Å². The normalized spacial score (nSPS) is 15.9. The Balaban J connectivity index is 1.72. The zero-order valence-corrected chi connectivity index (χ0v) is 17.9. The van der Waals surface area contributed by atoms with Gasteiger partial charge in [0, 0.05) is 24.2 Å². The first kappa shape index (κ1) is 21.1. The van der Waals surface area contributed by atoms with Crippen LogP contribution >= 0.6 is 0 Å². The highest BCUT2D eigenvalue weighted by Crippen LogP contribution is 2.39. The van der Waals surface area contributed by atoms with Gasteiger partial charge in [0.2, 0.25) is 0 Å². The molecule has 1 aromatic heterocycles. The van der Waals surface area contributed by atoms with Crippen LogP contribution in [0.15, 0.2) is 73.1 Å². The first-order valence-corrected chi connectivity index (χ1v) is 11.0. The van der Waals surface area contributed by atoms with E-state index in [1.54, 1.807) is 19.5 Å². The first-order valence-electron chi connectivity index (χ1n) is 11.0. The summed E-state index contributed by atoms with van der Waals surface area (Å²) < 4.78 is 11.9. The standard InChI is InChI=1S/C27H29NO3/c1-30-26-12-11-22(18-27(26)31-23-9-5-6-10-23)24(17-20-13-15-28-16-14-20)25(19-29)21-7-3-2-4-8-21/h2-4,7-8,11-16,18-19,23-25H,5-6,9-10,17H2,1H3. The molecule has 0 N–H and O–H groups in total. The van der Waals surface area contributed by atoms with Gasteiger partial charge in [-0.3, -0.25) is 4.98 Å². The number of hydrogen-bond acceptors (Lipinski definition) is 4. The van der Waals surface area contributed by atoms with Gasteiger partial charge in [0.25, 0.3) is 0 Å². The topological polar surface area (TPSA) is 48.4 Å². The molecular weight excluding hydrogens is 386 g/mol. The highest BCUT2D eigenvalue weighted by atomic mass is 16.5. The molecular formula is C27H29NO3. The molecule has 2 aromatic carbocycles. The smallest absolute Gasteiger partial charge is 0.161 e. The second kappa shape index (κ2) is 10.3. The van der Waals surface area contributed by atoms with Crippen molar-refractivity contribution in [1.82, 2.24) is 4.98 Å². The summed E-state index contributed by atoms with van der Waals surface area (Å²) in [6.45, 7) is 0. The predicted octanol–water partition coefficient (Wildman–Crippen LogP) is 5.72. The van der Waals surface area contributed by atoms with E-state index >= 15 is 0 Å². The molecule has 160 valence electrons. The fourth-order valence-corrected chi connectivity index (χ4v) is 4.51. The van der Waals surface area contributed by atoms with Crippen molar-refractivity contribution in [2.45, 2.75) is 50.0 Å². The van der Waals surface area contributed by atoms with Gasteiger partial charge in [-0.2, -0.15) is 0 Å². The molecule has 0 saturated heterocycles. The van der Waals surface area contributed by atoms with Crippen LogP contribution in [0.2, 0.25) is 0 Å². The maximum Gasteiger partial charge on any atom is 0.161 e. The summed E-state index contributed by atoms with van der Waals surface area (Å²) in [5, 5.41) is 0. The molecule has 0 radical (unpaired) electrons. The molecule has 1 heterocycles. The van der Waals surface area contributed by atoms with Crippen LogP contribution in [0.4, 0.5) is 0 Å². The fraction of sp³-hybridized carbons (Fsp3) is 0.333. The molecule has 2 atom stereocenters. The number of rotatable bonds is 9. The lowest BCUT2D eigenvalue weighted by atomic mass is 9.78. The van der Waals surface area contributed by atoms with E-state index in [-0.39, 0.29) is 17.9 Å². The third kappa shape index (κ3) is 5.13. The van der Waals surface area contributed by atoms with Crippen molar-refractivity contribution in [3.8, 4) is 11.5 Å². The Bertz CT molecular complexity index is 968. The lowest BCUT2D eigenvalue weighted by Crippen LogP contribution is -2.17. The van der Waals surface area contributed by atoms with Crippen molar-refractivity contribution < 1.29 is 14.3 Å². The summed E-state index contributed by atoms with van der Waals surface area (Å²) in [5.74, 6) is 1.21. The molecule has 3 aromatic rings. The SMILES string of the molecule is COc1ccc(C(Cc2ccncc2)C(C=O)c2ccccc2)cc1OC1CCCC1. The second-order valence-corrected chi connectivity index (χ2v) is 8.17. The van der Waals surface area contributed by atoms with Crippen LogP contribution in [0.5, 0.6) is 11.5 Å². The predicted molar refractivity (Wildman–Crippen MR) is 122 cm³/mol. The Morgan fingerprint density at radius 1 is 0.968 bits per heavy atom. The van der Waals surface area contributed by atoms with Crippen LogP contribution in [-0.2, 0) is 11.2 Å². The maximum absolute atomic E-state index is 12.3. The number of nitrogens with zero attached hydrogens (tertiary/aromatic N) is 1. The maximum atomic E-state index is 12.3. The van der Waals surface area contributed by atoms with Crippen LogP contribution < -0.4 is 9.47 Å². The van der Waals surface area contributed by atoms with Gasteiger partial charge in [0.1, 0.15) is 6.29 Å². The van der Waals surface area contributed by atoms with Gasteiger partial charge in [0.05, 0.1) is 13.2 Å². The Labute approximate surface area is 184 Å². The van der Waals surface area contributed by atoms with Gasteiger partial charge >= 0.3 is 0 Å². The van der Waals surface area contributed by atoms with Crippen LogP contribution in [-0.4, -0.2) is 24.5 Å². The van der Waals surface area contributed by atoms with Crippen molar-refractivity contribution in [3.05, 3.63) is 89.7 Å². The van der Waals surface area contributed by atoms with Gasteiger partial charge in [-0.25, -0.2) is 0 Å². The lowest BCUT2D eigenvalue weighted by Gasteiger charge is -2.26. The zero-order chi connectivity index (χ0) is 21.5. The average molecular weight is 416 g/mol. The summed E-state index contributed by atoms with van der Waals surface area (Å²) in [7, 11) is 1.67. The fourth-order valence-electron chi connectivity index (χ4n) is 4.51. The van der Waals surface area contributed by atoms with Crippen molar-refractivity contribution in [2.24, 2.45) is 0 Å². The number of carbonyl (C=O) groups is 1. The van der Waals surface area contributed by atoms with Gasteiger partial charge in [-0.05, 0) is 73.1 Å². The van der Waals surface area contributed by atoms with Crippen molar-refractivity contribution in [3.63, 3.8) is 0 Å². The molecule has 31 heavy (non-hydrogen) atoms. The average Bonchev–Trinajstić information content (AvgIpc) is 3.33. The number of benzene rings is 2. The molecule has 0 spiro atoms. The molecule has 2 unspecified atom stereocenters. The second-order valence-electron chi connectivity index (χ2n) is 8.17. The Kier molecular flexibility index (Phi) is 6.98. The van der Waals surface area contributed by atoms with E-state index in [1.807, 2.05) is 48.5 Å². The summed E-state index contributed by atoms with van der Waals surface area (Å²) in [5.41, 5.74) is 3.24. The molecule has 1 saturated carbocycles. The number of carbonyl (C=O) groups excluding carboxylic acids is 1. The third-order valence-corrected chi connectivity index (χ3v) is 6.18. The minimum absolute atomic E-state index is 0.0286. The third-order valence-electron chi connectivity index (χ3n) is 6.18. The van der Waals surface area contributed by atoms with E-state index in [4.69, 9.17) is 9.47 Å². The quantitative estimate of drug-likeness (QED) is 0.419. The molecule has 1 aliphatic rings. The summed E-state index contributed by atoms with van der Waals surface area (Å²) in [4.78, 5) is 16.5. The number of methoxy groups -OCH3 is 1. The van der Waals surface area contributed by atoms with E-state index in [2.05, 4.69) is 17.1 Å². The molecule has 0 aliphatic heterocycles. The van der Waals surface area contributed by atoms with Crippen LogP contribution in [0.25, 0.3) is 0 Å². The van der Waals surface area contributed by atoms with E-state index in [0.29, 0.717) is 0 Å². The molecule has 4 rings (SSSR count). The van der Waals surface area contributed by atoms with Crippen LogP contribution in [0.1, 0.15) is 54.2 Å². The number of hydrogen-bond donors (Lipinski definition) is 0. The molecule has 0 bridgehead atoms. The molecule has 0 amide bonds. The van der Waals surface area contributed by atoms with Crippen molar-refractivity contribution in [1.29, 1.82) is 0 Å². The number of aldehydes is 1. The number of aromatic nitrogens is 1. The van der Waals surface area contributed by atoms with Gasteiger partial charge in [-0.15, -0.1) is 0 Å². The first-order chi connectivity index (χ1) is 15.3. The van der Waals surface area contributed by atoms with Gasteiger partial charge < -0.3 is 14.3 Å². The van der Waals surface area contributed by atoms with Crippen molar-refractivity contribution >= 4 is 6.29 Å². The molecule has 1 aliphatic carbocycles. The summed E-state index contributed by atoms with van der Waals surface area (Å²) in [6, 6.07) is 20.1. The number of ether oxygens (including phenoxy) is 2. The van der Waals surface area contributed by atoms with Crippen molar-refractivity contribution in [2.75, 3.05) is 7.11 Å². The van der Waals surface area contributed by atoms with Crippen LogP contribution in [0.3, 0.4) is 0 Å². The lowest BCUT2D eigenvalue weighted by molar-refractivity contribution is -0.109. The van der Waals surface area contributed by atoms with E-state index in [1.165, 1.54) is 12.8 Å². The van der Waals surface area contributed by atoms with Gasteiger partial charge in [0.15, 0.2) is 11.5 Å². The highest BCUT2D eigenvalue weighted by molar-refractivity contribution is 5.65. The highest BCUT2D eigenvalue weighted by Gasteiger charge is 2.27. The molecule has 4 nitrogen and oxygen atoms in total. The largest absolute Gasteiger partial charge is 0.493 e. The summed E-state index contributed by atoms with van der Waals surface area (Å²) >= 11 is 0. The number of pyridine rings is 1. The Morgan fingerprint density at radius 2 is 1.71 bits per heavy atom. The minimum atomic E-state index is -0.262. The summed E-state index contributed by atoms with van der Waals surface area (Å²) in [6.07, 6.45) is 10.2. The molecule has 1 fully saturated rings. The monoisotopic (exact) mass is 415 g/mol. The van der Waals surface area contributed by atoms with E-state index < -0.39 is 0 Å². The van der Waals surface area contributed by atoms with E-state index in [9.17, 15) is 4.79 Å². The van der Waals surface area contributed by atoms with E-state index in [0.717, 1.165) is 53.7 Å². The Hall–Kier alpha value is -3.14. The van der Waals surface area contributed by atoms with Crippen LogP contribution in [0, 0.1) is 0 Å². The zero-order valence-electron chi connectivity index (χ0n) is 17.9. The Morgan fingerprint density at radius 3 is 2.39 bits per heavy atom.